The van der Waals surface area contributed by atoms with Crippen molar-refractivity contribution in [3.8, 4) is 11.5 Å². The average molecular weight is 455 g/mol. The molecule has 1 N–H and O–H groups in total. The summed E-state index contributed by atoms with van der Waals surface area (Å²) in [6.07, 6.45) is -0.0202. The number of ether oxygens (including phenoxy) is 2. The molecule has 30 heavy (non-hydrogen) atoms. The molecular weight excluding hydrogens is 437 g/mol. The zero-order chi connectivity index (χ0) is 21.5. The van der Waals surface area contributed by atoms with Crippen LogP contribution < -0.4 is 14.8 Å². The number of carbonyl (C=O) groups is 1. The fourth-order valence-electron chi connectivity index (χ4n) is 3.38. The van der Waals surface area contributed by atoms with Gasteiger partial charge in [0.2, 0.25) is 6.79 Å². The van der Waals surface area contributed by atoms with Gasteiger partial charge in [0.1, 0.15) is 5.82 Å². The number of sulfone groups is 2. The third-order valence-corrected chi connectivity index (χ3v) is 9.20. The van der Waals surface area contributed by atoms with Crippen LogP contribution in [0, 0.1) is 5.82 Å². The summed E-state index contributed by atoms with van der Waals surface area (Å²) in [6, 6.07) is 7.97. The van der Waals surface area contributed by atoms with Gasteiger partial charge in [0.25, 0.3) is 5.91 Å². The topological polar surface area (TPSA) is 116 Å². The normalized spacial score (nSPS) is 19.6. The first-order valence-electron chi connectivity index (χ1n) is 9.06. The van der Waals surface area contributed by atoms with E-state index >= 15 is 0 Å². The van der Waals surface area contributed by atoms with E-state index in [0.29, 0.717) is 17.1 Å². The summed E-state index contributed by atoms with van der Waals surface area (Å²) >= 11 is 0. The Bertz CT molecular complexity index is 1230. The molecular formula is C19H18FNO7S2. The largest absolute Gasteiger partial charge is 0.454 e. The van der Waals surface area contributed by atoms with Crippen molar-refractivity contribution >= 4 is 25.6 Å². The maximum atomic E-state index is 14.2. The number of amides is 1. The van der Waals surface area contributed by atoms with Crippen LogP contribution in [0.2, 0.25) is 0 Å². The van der Waals surface area contributed by atoms with Gasteiger partial charge in [-0.1, -0.05) is 6.07 Å². The molecule has 0 unspecified atom stereocenters. The molecule has 160 valence electrons. The van der Waals surface area contributed by atoms with Crippen LogP contribution in [0.5, 0.6) is 11.5 Å². The minimum atomic E-state index is -4.01. The molecule has 11 heteroatoms. The minimum absolute atomic E-state index is 0.0202. The molecule has 0 radical (unpaired) electrons. The summed E-state index contributed by atoms with van der Waals surface area (Å²) < 4.78 is 73.5. The molecule has 2 aromatic rings. The zero-order valence-corrected chi connectivity index (χ0v) is 17.3. The first-order valence-corrected chi connectivity index (χ1v) is 12.4. The summed E-state index contributed by atoms with van der Waals surface area (Å²) in [7, 11) is -7.43. The maximum Gasteiger partial charge on any atom is 0.254 e. The van der Waals surface area contributed by atoms with Crippen molar-refractivity contribution in [2.24, 2.45) is 0 Å². The van der Waals surface area contributed by atoms with E-state index in [1.54, 1.807) is 18.2 Å². The Morgan fingerprint density at radius 3 is 2.63 bits per heavy atom. The van der Waals surface area contributed by atoms with Crippen LogP contribution in [0.25, 0.3) is 0 Å². The third-order valence-electron chi connectivity index (χ3n) is 5.03. The first kappa shape index (κ1) is 20.6. The maximum absolute atomic E-state index is 14.2. The fraction of sp³-hybridized carbons (Fsp3) is 0.316. The van der Waals surface area contributed by atoms with Gasteiger partial charge in [-0.3, -0.25) is 4.79 Å². The molecule has 2 aliphatic rings. The second-order valence-corrected chi connectivity index (χ2v) is 11.5. The van der Waals surface area contributed by atoms with Crippen LogP contribution in [0.3, 0.4) is 0 Å². The van der Waals surface area contributed by atoms with E-state index in [1.165, 1.54) is 0 Å². The molecule has 0 aromatic heterocycles. The van der Waals surface area contributed by atoms with Crippen molar-refractivity contribution in [3.63, 3.8) is 0 Å². The molecule has 0 spiro atoms. The summed E-state index contributed by atoms with van der Waals surface area (Å²) in [4.78, 5) is 12.2. The zero-order valence-electron chi connectivity index (χ0n) is 15.6. The number of fused-ring (bicyclic) bond motifs is 1. The lowest BCUT2D eigenvalue weighted by atomic mass is 10.1. The number of halogens is 1. The van der Waals surface area contributed by atoms with E-state index in [0.717, 1.165) is 18.2 Å². The summed E-state index contributed by atoms with van der Waals surface area (Å²) in [6.45, 7) is 0.173. The number of rotatable bonds is 5. The number of carbonyl (C=O) groups excluding carboxylic acids is 1. The van der Waals surface area contributed by atoms with E-state index in [2.05, 4.69) is 5.32 Å². The minimum Gasteiger partial charge on any atom is -0.454 e. The molecule has 2 aliphatic heterocycles. The predicted octanol–water partition coefficient (Wildman–Crippen LogP) is 1.45. The summed E-state index contributed by atoms with van der Waals surface area (Å²) in [5.41, 5.74) is 0.255. The third kappa shape index (κ3) is 3.99. The van der Waals surface area contributed by atoms with Crippen molar-refractivity contribution in [1.82, 2.24) is 5.32 Å². The van der Waals surface area contributed by atoms with Crippen molar-refractivity contribution in [2.75, 3.05) is 18.3 Å². The smallest absolute Gasteiger partial charge is 0.254 e. The molecule has 2 heterocycles. The van der Waals surface area contributed by atoms with Gasteiger partial charge in [0, 0.05) is 6.54 Å². The van der Waals surface area contributed by atoms with Crippen molar-refractivity contribution < 1.29 is 35.5 Å². The van der Waals surface area contributed by atoms with Crippen LogP contribution in [0.4, 0.5) is 4.39 Å². The molecule has 1 fully saturated rings. The molecule has 1 amide bonds. The van der Waals surface area contributed by atoms with Gasteiger partial charge in [-0.2, -0.15) is 0 Å². The number of hydrogen-bond acceptors (Lipinski definition) is 7. The highest BCUT2D eigenvalue weighted by atomic mass is 32.2. The predicted molar refractivity (Wildman–Crippen MR) is 104 cm³/mol. The van der Waals surface area contributed by atoms with Crippen molar-refractivity contribution in [2.45, 2.75) is 23.1 Å². The van der Waals surface area contributed by atoms with Gasteiger partial charge in [0.15, 0.2) is 31.2 Å². The van der Waals surface area contributed by atoms with Gasteiger partial charge < -0.3 is 14.8 Å². The van der Waals surface area contributed by atoms with Gasteiger partial charge in [-0.05, 0) is 42.3 Å². The summed E-state index contributed by atoms with van der Waals surface area (Å²) in [5, 5.41) is 1.44. The number of hydrogen-bond donors (Lipinski definition) is 1. The van der Waals surface area contributed by atoms with E-state index in [-0.39, 0.29) is 30.4 Å². The van der Waals surface area contributed by atoms with Gasteiger partial charge in [0.05, 0.1) is 27.2 Å². The molecule has 2 aromatic carbocycles. The van der Waals surface area contributed by atoms with Crippen LogP contribution in [-0.4, -0.2) is 46.3 Å². The number of benzene rings is 2. The standard InChI is InChI=1S/C19H18FNO7S2/c20-16-3-2-13(30(25,26)14-5-6-29(23,24)10-14)8-15(16)19(22)21-9-12-1-4-17-18(7-12)28-11-27-17/h1-4,7-8,14H,5-6,9-11H2,(H,21,22)/t14-/m0/s1. The molecule has 0 bridgehead atoms. The van der Waals surface area contributed by atoms with Crippen LogP contribution >= 0.6 is 0 Å². The Hall–Kier alpha value is -2.66. The van der Waals surface area contributed by atoms with Gasteiger partial charge in [-0.25, -0.2) is 21.2 Å². The van der Waals surface area contributed by atoms with Crippen LogP contribution in [0.1, 0.15) is 22.3 Å². The molecule has 8 nitrogen and oxygen atoms in total. The first-order chi connectivity index (χ1) is 14.2. The lowest BCUT2D eigenvalue weighted by Gasteiger charge is -2.12. The molecule has 4 rings (SSSR count). The second-order valence-electron chi connectivity index (χ2n) is 7.08. The Labute approximate surface area is 172 Å². The Morgan fingerprint density at radius 1 is 1.13 bits per heavy atom. The van der Waals surface area contributed by atoms with E-state index in [9.17, 15) is 26.0 Å². The van der Waals surface area contributed by atoms with E-state index in [4.69, 9.17) is 9.47 Å². The molecule has 0 aliphatic carbocycles. The molecule has 1 atom stereocenters. The monoisotopic (exact) mass is 455 g/mol. The highest BCUT2D eigenvalue weighted by Crippen LogP contribution is 2.32. The van der Waals surface area contributed by atoms with Gasteiger partial charge >= 0.3 is 0 Å². The SMILES string of the molecule is O=C(NCc1ccc2c(c1)OCO2)c1cc(S(=O)(=O)[C@H]2CCS(=O)(=O)C2)ccc1F. The van der Waals surface area contributed by atoms with Crippen LogP contribution in [-0.2, 0) is 26.2 Å². The molecule has 1 saturated heterocycles. The fourth-order valence-corrected chi connectivity index (χ4v) is 7.77. The lowest BCUT2D eigenvalue weighted by Crippen LogP contribution is -2.26. The Morgan fingerprint density at radius 2 is 1.90 bits per heavy atom. The summed E-state index contributed by atoms with van der Waals surface area (Å²) in [5.74, 6) is -1.23. The highest BCUT2D eigenvalue weighted by molar-refractivity contribution is 7.96. The van der Waals surface area contributed by atoms with Gasteiger partial charge in [-0.15, -0.1) is 0 Å². The second kappa shape index (κ2) is 7.55. The highest BCUT2D eigenvalue weighted by Gasteiger charge is 2.38. The van der Waals surface area contributed by atoms with Crippen LogP contribution in [0.15, 0.2) is 41.3 Å². The van der Waals surface area contributed by atoms with E-state index < -0.39 is 48.0 Å². The molecule has 0 saturated carbocycles. The lowest BCUT2D eigenvalue weighted by molar-refractivity contribution is 0.0946. The van der Waals surface area contributed by atoms with E-state index in [1.807, 2.05) is 0 Å². The van der Waals surface area contributed by atoms with Crippen molar-refractivity contribution in [1.29, 1.82) is 0 Å². The quantitative estimate of drug-likeness (QED) is 0.679. The van der Waals surface area contributed by atoms with Crippen molar-refractivity contribution in [3.05, 3.63) is 53.3 Å². The Kier molecular flexibility index (Phi) is 5.18. The Balaban J connectivity index is 1.52. The number of nitrogens with one attached hydrogen (secondary N) is 1. The average Bonchev–Trinajstić information content (AvgIpc) is 3.32.